The summed E-state index contributed by atoms with van der Waals surface area (Å²) in [4.78, 5) is 11.5. The van der Waals surface area contributed by atoms with Gasteiger partial charge in [-0.3, -0.25) is 4.57 Å². The Balaban J connectivity index is 1.94. The summed E-state index contributed by atoms with van der Waals surface area (Å²) >= 11 is 0. The van der Waals surface area contributed by atoms with E-state index in [-0.39, 0.29) is 0 Å². The van der Waals surface area contributed by atoms with Gasteiger partial charge in [-0.05, 0) is 50.6 Å². The highest BCUT2D eigenvalue weighted by molar-refractivity contribution is 7.90. The number of likely N-dealkylation sites (N-methyl/N-ethyl adjacent to an activating group) is 1. The van der Waals surface area contributed by atoms with Crippen molar-refractivity contribution in [1.29, 1.82) is 0 Å². The maximum absolute atomic E-state index is 11.9. The van der Waals surface area contributed by atoms with Crippen LogP contribution in [-0.2, 0) is 16.3 Å². The molecule has 9 heteroatoms. The summed E-state index contributed by atoms with van der Waals surface area (Å²) in [6.07, 6.45) is 5.71. The van der Waals surface area contributed by atoms with Gasteiger partial charge in [0, 0.05) is 36.8 Å². The summed E-state index contributed by atoms with van der Waals surface area (Å²) in [5.74, 6) is 0.461. The van der Waals surface area contributed by atoms with Crippen LogP contribution in [0.3, 0.4) is 0 Å². The second-order valence-electron chi connectivity index (χ2n) is 7.78. The lowest BCUT2D eigenvalue weighted by atomic mass is 10.0. The third-order valence-electron chi connectivity index (χ3n) is 5.85. The molecule has 0 saturated carbocycles. The summed E-state index contributed by atoms with van der Waals surface area (Å²) in [7, 11) is -1.26. The average Bonchev–Trinajstić information content (AvgIpc) is 3.09. The number of rotatable bonds is 5. The number of anilines is 2. The fourth-order valence-electron chi connectivity index (χ4n) is 4.37. The van der Waals surface area contributed by atoms with Gasteiger partial charge in [0.2, 0.25) is 0 Å². The molecule has 3 N–H and O–H groups in total. The molecule has 1 fully saturated rings. The number of hydrogen-bond acceptors (Lipinski definition) is 7. The van der Waals surface area contributed by atoms with Crippen LogP contribution >= 0.6 is 0 Å². The summed E-state index contributed by atoms with van der Waals surface area (Å²) in [5, 5.41) is 4.25. The molecule has 1 unspecified atom stereocenters. The Morgan fingerprint density at radius 1 is 1.23 bits per heavy atom. The predicted octanol–water partition coefficient (Wildman–Crippen LogP) is 2.16. The first kappa shape index (κ1) is 20.6. The fourth-order valence-corrected chi connectivity index (χ4v) is 5.00. The van der Waals surface area contributed by atoms with Crippen LogP contribution < -0.4 is 16.0 Å². The first-order valence-electron chi connectivity index (χ1n) is 10.2. The topological polar surface area (TPSA) is 106 Å². The zero-order valence-electron chi connectivity index (χ0n) is 17.6. The number of piperidine rings is 1. The molecule has 3 heterocycles. The standard InChI is InChI=1S/C21H28N6O2S/c1-4-17-19(26-11-5-6-14(12-26)23-2)18-20(22)24-13-25-21(18)27(17)15-7-9-16(10-8-15)30(3,28)29/h7-10,13-14,23H,4-6,11-12H2,1-3H3,(H2,22,24,25). The van der Waals surface area contributed by atoms with Gasteiger partial charge in [-0.2, -0.15) is 0 Å². The van der Waals surface area contributed by atoms with Gasteiger partial charge >= 0.3 is 0 Å². The molecule has 0 amide bonds. The van der Waals surface area contributed by atoms with Gasteiger partial charge in [-0.15, -0.1) is 0 Å². The molecular weight excluding hydrogens is 400 g/mol. The molecule has 1 aliphatic rings. The van der Waals surface area contributed by atoms with E-state index in [9.17, 15) is 8.42 Å². The van der Waals surface area contributed by atoms with Gasteiger partial charge < -0.3 is 16.0 Å². The molecule has 1 atom stereocenters. The van der Waals surface area contributed by atoms with E-state index < -0.39 is 9.84 Å². The van der Waals surface area contributed by atoms with Crippen LogP contribution in [0.5, 0.6) is 0 Å². The highest BCUT2D eigenvalue weighted by Crippen LogP contribution is 2.39. The lowest BCUT2D eigenvalue weighted by Crippen LogP contribution is -2.44. The third-order valence-corrected chi connectivity index (χ3v) is 6.98. The fraction of sp³-hybridized carbons (Fsp3) is 0.429. The van der Waals surface area contributed by atoms with Crippen molar-refractivity contribution in [1.82, 2.24) is 19.9 Å². The van der Waals surface area contributed by atoms with Gasteiger partial charge in [0.15, 0.2) is 15.5 Å². The van der Waals surface area contributed by atoms with E-state index >= 15 is 0 Å². The van der Waals surface area contributed by atoms with Crippen LogP contribution in [0.2, 0.25) is 0 Å². The summed E-state index contributed by atoms with van der Waals surface area (Å²) in [5.41, 5.74) is 10.1. The minimum absolute atomic E-state index is 0.294. The maximum atomic E-state index is 11.9. The molecule has 1 aromatic carbocycles. The molecule has 8 nitrogen and oxygen atoms in total. The van der Waals surface area contributed by atoms with Crippen molar-refractivity contribution in [3.05, 3.63) is 36.3 Å². The molecular formula is C21H28N6O2S. The van der Waals surface area contributed by atoms with Crippen molar-refractivity contribution in [2.75, 3.05) is 37.0 Å². The maximum Gasteiger partial charge on any atom is 0.175 e. The summed E-state index contributed by atoms with van der Waals surface area (Å²) in [6, 6.07) is 7.34. The quantitative estimate of drug-likeness (QED) is 0.641. The van der Waals surface area contributed by atoms with Crippen LogP contribution in [0, 0.1) is 0 Å². The molecule has 1 saturated heterocycles. The van der Waals surface area contributed by atoms with Crippen molar-refractivity contribution in [3.63, 3.8) is 0 Å². The number of nitrogens with one attached hydrogen (secondary N) is 1. The van der Waals surface area contributed by atoms with Crippen LogP contribution in [0.25, 0.3) is 16.7 Å². The lowest BCUT2D eigenvalue weighted by molar-refractivity contribution is 0.449. The largest absolute Gasteiger partial charge is 0.383 e. The van der Waals surface area contributed by atoms with E-state index in [0.29, 0.717) is 16.8 Å². The van der Waals surface area contributed by atoms with Crippen molar-refractivity contribution in [2.45, 2.75) is 37.1 Å². The number of hydrogen-bond donors (Lipinski definition) is 2. The van der Waals surface area contributed by atoms with E-state index in [1.165, 1.54) is 12.6 Å². The number of nitrogen functional groups attached to an aromatic ring is 1. The van der Waals surface area contributed by atoms with E-state index in [4.69, 9.17) is 5.73 Å². The summed E-state index contributed by atoms with van der Waals surface area (Å²) in [6.45, 7) is 3.96. The second kappa shape index (κ2) is 7.88. The summed E-state index contributed by atoms with van der Waals surface area (Å²) < 4.78 is 25.8. The molecule has 160 valence electrons. The lowest BCUT2D eigenvalue weighted by Gasteiger charge is -2.34. The Morgan fingerprint density at radius 3 is 2.60 bits per heavy atom. The van der Waals surface area contributed by atoms with E-state index in [0.717, 1.165) is 60.5 Å². The van der Waals surface area contributed by atoms with Gasteiger partial charge in [0.05, 0.1) is 16.0 Å². The third kappa shape index (κ3) is 3.52. The van der Waals surface area contributed by atoms with Gasteiger partial charge in [-0.25, -0.2) is 18.4 Å². The molecule has 0 aliphatic carbocycles. The number of sulfone groups is 1. The Bertz CT molecular complexity index is 1170. The second-order valence-corrected chi connectivity index (χ2v) is 9.80. The predicted molar refractivity (Wildman–Crippen MR) is 120 cm³/mol. The number of benzene rings is 1. The monoisotopic (exact) mass is 428 g/mol. The average molecular weight is 429 g/mol. The number of nitrogens with two attached hydrogens (primary N) is 1. The number of aromatic nitrogens is 3. The van der Waals surface area contributed by atoms with E-state index in [1.807, 2.05) is 19.2 Å². The van der Waals surface area contributed by atoms with Crippen molar-refractivity contribution in [2.24, 2.45) is 0 Å². The molecule has 3 aromatic rings. The highest BCUT2D eigenvalue weighted by Gasteiger charge is 2.28. The van der Waals surface area contributed by atoms with Gasteiger partial charge in [-0.1, -0.05) is 6.92 Å². The van der Waals surface area contributed by atoms with E-state index in [2.05, 4.69) is 31.7 Å². The molecule has 0 bridgehead atoms. The van der Waals surface area contributed by atoms with Gasteiger partial charge in [0.25, 0.3) is 0 Å². The first-order chi connectivity index (χ1) is 14.3. The Kier molecular flexibility index (Phi) is 5.42. The van der Waals surface area contributed by atoms with Gasteiger partial charge in [0.1, 0.15) is 12.1 Å². The minimum atomic E-state index is -3.26. The molecule has 0 radical (unpaired) electrons. The van der Waals surface area contributed by atoms with Crippen molar-refractivity contribution < 1.29 is 8.42 Å². The normalized spacial score (nSPS) is 17.6. The van der Waals surface area contributed by atoms with Crippen LogP contribution in [0.15, 0.2) is 35.5 Å². The molecule has 2 aromatic heterocycles. The molecule has 4 rings (SSSR count). The first-order valence-corrected chi connectivity index (χ1v) is 12.1. The minimum Gasteiger partial charge on any atom is -0.383 e. The molecule has 0 spiro atoms. The Labute approximate surface area is 177 Å². The van der Waals surface area contributed by atoms with Crippen LogP contribution in [0.4, 0.5) is 11.5 Å². The van der Waals surface area contributed by atoms with Crippen molar-refractivity contribution in [3.8, 4) is 5.69 Å². The smallest absolute Gasteiger partial charge is 0.175 e. The number of nitrogens with zero attached hydrogens (tertiary/aromatic N) is 4. The van der Waals surface area contributed by atoms with Crippen LogP contribution in [0.1, 0.15) is 25.5 Å². The van der Waals surface area contributed by atoms with E-state index in [1.54, 1.807) is 12.1 Å². The SMILES string of the molecule is CCc1c(N2CCCC(NC)C2)c2c(N)ncnc2n1-c1ccc(S(C)(=O)=O)cc1. The zero-order valence-corrected chi connectivity index (χ0v) is 18.4. The molecule has 30 heavy (non-hydrogen) atoms. The Hall–Kier alpha value is -2.65. The number of fused-ring (bicyclic) bond motifs is 1. The van der Waals surface area contributed by atoms with Crippen LogP contribution in [-0.4, -0.2) is 55.4 Å². The molecule has 1 aliphatic heterocycles. The highest BCUT2D eigenvalue weighted by atomic mass is 32.2. The Morgan fingerprint density at radius 2 is 1.97 bits per heavy atom. The zero-order chi connectivity index (χ0) is 21.5. The van der Waals surface area contributed by atoms with Crippen molar-refractivity contribution >= 4 is 32.4 Å².